The quantitative estimate of drug-likeness (QED) is 0.436. The van der Waals surface area contributed by atoms with E-state index in [4.69, 9.17) is 5.73 Å². The van der Waals surface area contributed by atoms with Gasteiger partial charge in [0, 0.05) is 15.4 Å². The van der Waals surface area contributed by atoms with Gasteiger partial charge >= 0.3 is 11.8 Å². The van der Waals surface area contributed by atoms with Gasteiger partial charge in [0.05, 0.1) is 17.1 Å². The van der Waals surface area contributed by atoms with Crippen molar-refractivity contribution in [2.75, 3.05) is 5.32 Å². The third kappa shape index (κ3) is 3.14. The Morgan fingerprint density at radius 3 is 2.57 bits per heavy atom. The number of benzene rings is 2. The van der Waals surface area contributed by atoms with E-state index in [1.807, 2.05) is 36.4 Å². The number of nitrogens with two attached hydrogens (primary N) is 1. The molecule has 3 rings (SSSR count). The van der Waals surface area contributed by atoms with Crippen molar-refractivity contribution in [2.24, 2.45) is 5.73 Å². The number of carbonyl (C=O) groups is 2. The molecule has 0 saturated carbocycles. The minimum atomic E-state index is -1.06. The molecular formula is C16H14N4O2S. The number of amides is 2. The highest BCUT2D eigenvalue weighted by atomic mass is 32.2. The van der Waals surface area contributed by atoms with Gasteiger partial charge in [0.1, 0.15) is 0 Å². The fourth-order valence-electron chi connectivity index (χ4n) is 2.09. The molecule has 0 aromatic heterocycles. The molecule has 23 heavy (non-hydrogen) atoms. The monoisotopic (exact) mass is 326 g/mol. The Labute approximate surface area is 137 Å². The van der Waals surface area contributed by atoms with Crippen LogP contribution in [0.2, 0.25) is 0 Å². The molecule has 2 aromatic rings. The molecule has 116 valence electrons. The minimum Gasteiger partial charge on any atom is -0.361 e. The summed E-state index contributed by atoms with van der Waals surface area (Å²) in [6.45, 7) is 3.84. The molecule has 0 aliphatic carbocycles. The highest BCUT2D eigenvalue weighted by Gasteiger charge is 2.16. The van der Waals surface area contributed by atoms with Crippen LogP contribution < -0.4 is 21.9 Å². The van der Waals surface area contributed by atoms with Crippen LogP contribution in [0.4, 0.5) is 11.4 Å². The number of rotatable bonds is 3. The standard InChI is InChI=1S/C16H14N4O2S/c1-9(19-20-16(22)15(17)21)10-6-7-14-12(8-10)18-11-4-2-3-5-13(11)23-14/h2-8,18-19H,1H2,(H2,17,21)(H,20,22). The number of hydrogen-bond donors (Lipinski definition) is 4. The first kappa shape index (κ1) is 15.0. The first-order valence-electron chi connectivity index (χ1n) is 6.77. The van der Waals surface area contributed by atoms with Gasteiger partial charge in [0.25, 0.3) is 0 Å². The third-order valence-corrected chi connectivity index (χ3v) is 4.41. The summed E-state index contributed by atoms with van der Waals surface area (Å²) in [7, 11) is 0. The Morgan fingerprint density at radius 2 is 1.78 bits per heavy atom. The summed E-state index contributed by atoms with van der Waals surface area (Å²) in [6, 6.07) is 13.8. The average Bonchev–Trinajstić information content (AvgIpc) is 2.56. The number of hydrazine groups is 1. The SMILES string of the molecule is C=C(NNC(=O)C(N)=O)c1ccc2c(c1)Nc1ccccc1S2. The van der Waals surface area contributed by atoms with Crippen LogP contribution >= 0.6 is 11.8 Å². The summed E-state index contributed by atoms with van der Waals surface area (Å²) < 4.78 is 0. The first-order chi connectivity index (χ1) is 11.0. The van der Waals surface area contributed by atoms with Crippen LogP contribution in [0.15, 0.2) is 58.8 Å². The van der Waals surface area contributed by atoms with Crippen molar-refractivity contribution in [3.05, 3.63) is 54.6 Å². The van der Waals surface area contributed by atoms with Crippen LogP contribution in [0.5, 0.6) is 0 Å². The molecule has 0 atom stereocenters. The number of anilines is 2. The summed E-state index contributed by atoms with van der Waals surface area (Å²) in [5.41, 5.74) is 12.9. The Hall–Kier alpha value is -2.93. The van der Waals surface area contributed by atoms with Crippen molar-refractivity contribution < 1.29 is 9.59 Å². The lowest BCUT2D eigenvalue weighted by molar-refractivity contribution is -0.137. The average molecular weight is 326 g/mol. The fraction of sp³-hybridized carbons (Fsp3) is 0. The highest BCUT2D eigenvalue weighted by Crippen LogP contribution is 2.44. The van der Waals surface area contributed by atoms with Gasteiger partial charge in [0.2, 0.25) is 0 Å². The van der Waals surface area contributed by atoms with Crippen molar-refractivity contribution in [2.45, 2.75) is 9.79 Å². The molecule has 0 spiro atoms. The molecule has 5 N–H and O–H groups in total. The number of primary amides is 1. The van der Waals surface area contributed by atoms with Crippen molar-refractivity contribution in [1.82, 2.24) is 10.9 Å². The fourth-order valence-corrected chi connectivity index (χ4v) is 3.06. The molecular weight excluding hydrogens is 312 g/mol. The van der Waals surface area contributed by atoms with Crippen molar-refractivity contribution >= 4 is 40.6 Å². The number of hydrogen-bond acceptors (Lipinski definition) is 5. The van der Waals surface area contributed by atoms with Crippen molar-refractivity contribution in [1.29, 1.82) is 0 Å². The van der Waals surface area contributed by atoms with Gasteiger partial charge in [-0.05, 0) is 24.3 Å². The topological polar surface area (TPSA) is 96.2 Å². The number of para-hydroxylation sites is 1. The smallest absolute Gasteiger partial charge is 0.327 e. The zero-order chi connectivity index (χ0) is 16.4. The second-order valence-corrected chi connectivity index (χ2v) is 5.94. The van der Waals surface area contributed by atoms with E-state index in [2.05, 4.69) is 28.8 Å². The number of nitrogens with one attached hydrogen (secondary N) is 3. The van der Waals surface area contributed by atoms with Crippen LogP contribution in [0.3, 0.4) is 0 Å². The number of carbonyl (C=O) groups excluding carboxylic acids is 2. The molecule has 2 amide bonds. The van der Waals surface area contributed by atoms with Crippen molar-refractivity contribution in [3.63, 3.8) is 0 Å². The van der Waals surface area contributed by atoms with Gasteiger partial charge in [0.15, 0.2) is 0 Å². The van der Waals surface area contributed by atoms with Gasteiger partial charge in [-0.1, -0.05) is 36.5 Å². The third-order valence-electron chi connectivity index (χ3n) is 3.26. The Kier molecular flexibility index (Phi) is 3.94. The molecule has 1 aliphatic heterocycles. The largest absolute Gasteiger partial charge is 0.361 e. The van der Waals surface area contributed by atoms with E-state index in [1.165, 1.54) is 4.90 Å². The molecule has 0 radical (unpaired) electrons. The Bertz CT molecular complexity index is 819. The molecule has 7 heteroatoms. The van der Waals surface area contributed by atoms with Gasteiger partial charge in [-0.3, -0.25) is 20.4 Å². The second kappa shape index (κ2) is 6.05. The summed E-state index contributed by atoms with van der Waals surface area (Å²) >= 11 is 1.68. The Balaban J connectivity index is 1.76. The van der Waals surface area contributed by atoms with Crippen LogP contribution in [0.25, 0.3) is 5.70 Å². The van der Waals surface area contributed by atoms with E-state index < -0.39 is 11.8 Å². The van der Waals surface area contributed by atoms with Crippen LogP contribution in [-0.2, 0) is 9.59 Å². The van der Waals surface area contributed by atoms with Crippen LogP contribution in [0.1, 0.15) is 5.56 Å². The first-order valence-corrected chi connectivity index (χ1v) is 7.59. The second-order valence-electron chi connectivity index (χ2n) is 4.86. The maximum absolute atomic E-state index is 11.1. The summed E-state index contributed by atoms with van der Waals surface area (Å²) in [5, 5.41) is 3.37. The molecule has 0 bridgehead atoms. The van der Waals surface area contributed by atoms with E-state index in [0.717, 1.165) is 21.8 Å². The predicted octanol–water partition coefficient (Wildman–Crippen LogP) is 1.97. The van der Waals surface area contributed by atoms with E-state index in [1.54, 1.807) is 11.8 Å². The maximum Gasteiger partial charge on any atom is 0.327 e. The molecule has 0 unspecified atom stereocenters. The van der Waals surface area contributed by atoms with Gasteiger partial charge in [-0.25, -0.2) is 0 Å². The zero-order valence-corrected chi connectivity index (χ0v) is 12.9. The lowest BCUT2D eigenvalue weighted by Crippen LogP contribution is -2.43. The zero-order valence-electron chi connectivity index (χ0n) is 12.1. The van der Waals surface area contributed by atoms with Crippen LogP contribution in [-0.4, -0.2) is 11.8 Å². The highest BCUT2D eigenvalue weighted by molar-refractivity contribution is 7.99. The maximum atomic E-state index is 11.1. The summed E-state index contributed by atoms with van der Waals surface area (Å²) in [4.78, 5) is 24.1. The lowest BCUT2D eigenvalue weighted by Gasteiger charge is -2.21. The molecule has 6 nitrogen and oxygen atoms in total. The molecule has 2 aromatic carbocycles. The minimum absolute atomic E-state index is 0.452. The predicted molar refractivity (Wildman–Crippen MR) is 89.8 cm³/mol. The molecule has 1 aliphatic rings. The Morgan fingerprint density at radius 1 is 1.04 bits per heavy atom. The summed E-state index contributed by atoms with van der Waals surface area (Å²) in [6.07, 6.45) is 0. The number of fused-ring (bicyclic) bond motifs is 2. The van der Waals surface area contributed by atoms with Crippen LogP contribution in [0, 0.1) is 0 Å². The molecule has 0 fully saturated rings. The lowest BCUT2D eigenvalue weighted by atomic mass is 10.1. The summed E-state index contributed by atoms with van der Waals surface area (Å²) in [5.74, 6) is -1.99. The van der Waals surface area contributed by atoms with E-state index in [-0.39, 0.29) is 0 Å². The van der Waals surface area contributed by atoms with E-state index in [0.29, 0.717) is 5.70 Å². The van der Waals surface area contributed by atoms with Gasteiger partial charge < -0.3 is 11.1 Å². The van der Waals surface area contributed by atoms with E-state index in [9.17, 15) is 9.59 Å². The van der Waals surface area contributed by atoms with Gasteiger partial charge in [-0.2, -0.15) is 0 Å². The molecule has 1 heterocycles. The van der Waals surface area contributed by atoms with Gasteiger partial charge in [-0.15, -0.1) is 0 Å². The van der Waals surface area contributed by atoms with E-state index >= 15 is 0 Å². The van der Waals surface area contributed by atoms with Crippen molar-refractivity contribution in [3.8, 4) is 0 Å². The molecule has 0 saturated heterocycles. The normalized spacial score (nSPS) is 11.5.